The van der Waals surface area contributed by atoms with Gasteiger partial charge in [-0.25, -0.2) is 9.89 Å². The summed E-state index contributed by atoms with van der Waals surface area (Å²) >= 11 is 1.28. The first-order valence-corrected chi connectivity index (χ1v) is 7.37. The number of Topliss-reactive ketones (excluding diaryl/α,β-unsaturated/α-hetero) is 1. The second-order valence-corrected chi connectivity index (χ2v) is 5.74. The highest BCUT2D eigenvalue weighted by molar-refractivity contribution is 7.99. The fourth-order valence-electron chi connectivity index (χ4n) is 1.94. The number of aryl methyl sites for hydroxylation is 1. The maximum atomic E-state index is 12.2. The molecule has 0 amide bonds. The van der Waals surface area contributed by atoms with Crippen molar-refractivity contribution in [3.05, 3.63) is 45.9 Å². The number of aromatic amines is 1. The third-order valence-electron chi connectivity index (χ3n) is 2.97. The van der Waals surface area contributed by atoms with Crippen molar-refractivity contribution in [2.24, 2.45) is 0 Å². The van der Waals surface area contributed by atoms with Gasteiger partial charge >= 0.3 is 5.69 Å². The Kier molecular flexibility index (Phi) is 4.44. The molecule has 106 valence electrons. The van der Waals surface area contributed by atoms with Crippen LogP contribution in [-0.2, 0) is 0 Å². The SMILES string of the molecule is Cc1ccccc1C(=O)CSc1n[nH]c(=O)n1C(C)C. The van der Waals surface area contributed by atoms with Crippen molar-refractivity contribution in [1.29, 1.82) is 0 Å². The lowest BCUT2D eigenvalue weighted by Crippen LogP contribution is -2.19. The number of hydrogen-bond acceptors (Lipinski definition) is 4. The first-order valence-electron chi connectivity index (χ1n) is 6.39. The topological polar surface area (TPSA) is 67.8 Å². The molecule has 2 aromatic rings. The van der Waals surface area contributed by atoms with Gasteiger partial charge in [-0.05, 0) is 26.3 Å². The number of nitrogens with zero attached hydrogens (tertiary/aromatic N) is 2. The van der Waals surface area contributed by atoms with Gasteiger partial charge in [-0.15, -0.1) is 5.10 Å². The van der Waals surface area contributed by atoms with Gasteiger partial charge in [0.1, 0.15) is 0 Å². The Morgan fingerprint density at radius 1 is 1.40 bits per heavy atom. The number of H-pyrrole nitrogens is 1. The first kappa shape index (κ1) is 14.6. The molecule has 0 aliphatic heterocycles. The minimum absolute atomic E-state index is 0.0114. The maximum Gasteiger partial charge on any atom is 0.344 e. The van der Waals surface area contributed by atoms with Crippen LogP contribution >= 0.6 is 11.8 Å². The summed E-state index contributed by atoms with van der Waals surface area (Å²) in [7, 11) is 0. The average molecular weight is 291 g/mol. The molecule has 1 aromatic carbocycles. The summed E-state index contributed by atoms with van der Waals surface area (Å²) in [6.45, 7) is 5.73. The number of rotatable bonds is 5. The lowest BCUT2D eigenvalue weighted by atomic mass is 10.1. The minimum atomic E-state index is -0.245. The molecule has 0 saturated carbocycles. The summed E-state index contributed by atoms with van der Waals surface area (Å²) in [5, 5.41) is 6.93. The van der Waals surface area contributed by atoms with Gasteiger partial charge in [-0.2, -0.15) is 0 Å². The molecule has 1 aromatic heterocycles. The van der Waals surface area contributed by atoms with Crippen LogP contribution in [0.5, 0.6) is 0 Å². The van der Waals surface area contributed by atoms with Crippen molar-refractivity contribution in [3.8, 4) is 0 Å². The van der Waals surface area contributed by atoms with Crippen LogP contribution in [-0.4, -0.2) is 26.3 Å². The standard InChI is InChI=1S/C14H17N3O2S/c1-9(2)17-13(19)15-16-14(17)20-8-12(18)11-7-5-4-6-10(11)3/h4-7,9H,8H2,1-3H3,(H,15,19). The van der Waals surface area contributed by atoms with Crippen molar-refractivity contribution >= 4 is 17.5 Å². The lowest BCUT2D eigenvalue weighted by Gasteiger charge is -2.08. The van der Waals surface area contributed by atoms with E-state index in [1.54, 1.807) is 4.57 Å². The van der Waals surface area contributed by atoms with Crippen LogP contribution in [0.4, 0.5) is 0 Å². The quantitative estimate of drug-likeness (QED) is 0.678. The van der Waals surface area contributed by atoms with Gasteiger partial charge in [0, 0.05) is 11.6 Å². The highest BCUT2D eigenvalue weighted by Crippen LogP contribution is 2.19. The molecule has 0 aliphatic rings. The van der Waals surface area contributed by atoms with Crippen LogP contribution in [0.3, 0.4) is 0 Å². The van der Waals surface area contributed by atoms with Crippen molar-refractivity contribution in [1.82, 2.24) is 14.8 Å². The van der Waals surface area contributed by atoms with E-state index < -0.39 is 0 Å². The molecule has 0 fully saturated rings. The summed E-state index contributed by atoms with van der Waals surface area (Å²) in [6, 6.07) is 7.50. The molecule has 1 heterocycles. The monoisotopic (exact) mass is 291 g/mol. The zero-order chi connectivity index (χ0) is 14.7. The molecule has 0 spiro atoms. The number of carbonyl (C=O) groups excluding carboxylic acids is 1. The predicted molar refractivity (Wildman–Crippen MR) is 79.5 cm³/mol. The molecular formula is C14H17N3O2S. The minimum Gasteiger partial charge on any atom is -0.293 e. The second kappa shape index (κ2) is 6.09. The Morgan fingerprint density at radius 2 is 2.10 bits per heavy atom. The summed E-state index contributed by atoms with van der Waals surface area (Å²) in [6.07, 6.45) is 0. The molecule has 0 saturated heterocycles. The summed E-state index contributed by atoms with van der Waals surface area (Å²) < 4.78 is 1.55. The summed E-state index contributed by atoms with van der Waals surface area (Å²) in [5.74, 6) is 0.306. The van der Waals surface area contributed by atoms with Crippen LogP contribution in [0.25, 0.3) is 0 Å². The number of benzene rings is 1. The van der Waals surface area contributed by atoms with Crippen LogP contribution in [0.2, 0.25) is 0 Å². The van der Waals surface area contributed by atoms with E-state index >= 15 is 0 Å². The van der Waals surface area contributed by atoms with E-state index in [2.05, 4.69) is 10.2 Å². The van der Waals surface area contributed by atoms with E-state index in [4.69, 9.17) is 0 Å². The van der Waals surface area contributed by atoms with Crippen LogP contribution in [0.15, 0.2) is 34.2 Å². The van der Waals surface area contributed by atoms with Gasteiger partial charge in [0.2, 0.25) is 0 Å². The molecule has 0 unspecified atom stereocenters. The third kappa shape index (κ3) is 3.01. The van der Waals surface area contributed by atoms with Crippen molar-refractivity contribution in [3.63, 3.8) is 0 Å². The average Bonchev–Trinajstić information content (AvgIpc) is 2.78. The Balaban J connectivity index is 2.12. The number of thioether (sulfide) groups is 1. The van der Waals surface area contributed by atoms with Crippen molar-refractivity contribution in [2.45, 2.75) is 32.0 Å². The number of aromatic nitrogens is 3. The van der Waals surface area contributed by atoms with E-state index in [-0.39, 0.29) is 23.3 Å². The highest BCUT2D eigenvalue weighted by atomic mass is 32.2. The molecule has 5 nitrogen and oxygen atoms in total. The van der Waals surface area contributed by atoms with Crippen LogP contribution in [0, 0.1) is 6.92 Å². The van der Waals surface area contributed by atoms with E-state index in [1.807, 2.05) is 45.0 Å². The molecule has 1 N–H and O–H groups in total. The molecule has 6 heteroatoms. The van der Waals surface area contributed by atoms with Crippen molar-refractivity contribution < 1.29 is 4.79 Å². The fraction of sp³-hybridized carbons (Fsp3) is 0.357. The number of ketones is 1. The molecule has 0 radical (unpaired) electrons. The Bertz CT molecular complexity index is 673. The fourth-order valence-corrected chi connectivity index (χ4v) is 2.90. The molecule has 0 bridgehead atoms. The number of nitrogens with one attached hydrogen (secondary N) is 1. The lowest BCUT2D eigenvalue weighted by molar-refractivity contribution is 0.102. The Morgan fingerprint density at radius 3 is 2.75 bits per heavy atom. The zero-order valence-electron chi connectivity index (χ0n) is 11.7. The van der Waals surface area contributed by atoms with Gasteiger partial charge in [0.15, 0.2) is 10.9 Å². The Hall–Kier alpha value is -1.82. The van der Waals surface area contributed by atoms with Gasteiger partial charge in [-0.3, -0.25) is 9.36 Å². The highest BCUT2D eigenvalue weighted by Gasteiger charge is 2.15. The van der Waals surface area contributed by atoms with Crippen LogP contribution < -0.4 is 5.69 Å². The van der Waals surface area contributed by atoms with E-state index in [9.17, 15) is 9.59 Å². The van der Waals surface area contributed by atoms with Gasteiger partial charge in [-0.1, -0.05) is 36.0 Å². The predicted octanol–water partition coefficient (Wildman–Crippen LogP) is 2.44. The van der Waals surface area contributed by atoms with Gasteiger partial charge < -0.3 is 0 Å². The molecular weight excluding hydrogens is 274 g/mol. The molecule has 2 rings (SSSR count). The normalized spacial score (nSPS) is 11.0. The van der Waals surface area contributed by atoms with Gasteiger partial charge in [0.25, 0.3) is 0 Å². The van der Waals surface area contributed by atoms with Crippen LogP contribution in [0.1, 0.15) is 35.8 Å². The summed E-state index contributed by atoms with van der Waals surface area (Å²) in [4.78, 5) is 23.8. The maximum absolute atomic E-state index is 12.2. The molecule has 0 atom stereocenters. The largest absolute Gasteiger partial charge is 0.344 e. The van der Waals surface area contributed by atoms with Gasteiger partial charge in [0.05, 0.1) is 5.75 Å². The molecule has 20 heavy (non-hydrogen) atoms. The first-order chi connectivity index (χ1) is 9.50. The third-order valence-corrected chi connectivity index (χ3v) is 3.92. The number of carbonyl (C=O) groups is 1. The van der Waals surface area contributed by atoms with E-state index in [0.29, 0.717) is 10.7 Å². The number of hydrogen-bond donors (Lipinski definition) is 1. The smallest absolute Gasteiger partial charge is 0.293 e. The van der Waals surface area contributed by atoms with E-state index in [0.717, 1.165) is 5.56 Å². The second-order valence-electron chi connectivity index (χ2n) is 4.80. The zero-order valence-corrected chi connectivity index (χ0v) is 12.5. The Labute approximate surface area is 121 Å². The van der Waals surface area contributed by atoms with Crippen molar-refractivity contribution in [2.75, 3.05) is 5.75 Å². The summed E-state index contributed by atoms with van der Waals surface area (Å²) in [5.41, 5.74) is 1.43. The van der Waals surface area contributed by atoms with E-state index in [1.165, 1.54) is 11.8 Å². The molecule has 0 aliphatic carbocycles.